The zero-order valence-electron chi connectivity index (χ0n) is 6.63. The second-order valence-corrected chi connectivity index (χ2v) is 5.07. The minimum Gasteiger partial charge on any atom is -0.206 e. The van der Waals surface area contributed by atoms with Crippen LogP contribution >= 0.6 is 43.6 Å². The summed E-state index contributed by atoms with van der Waals surface area (Å²) in [6.45, 7) is 0. The standard InChI is InChI=1S/C7HBr2F5S/c8-2-1-3(10)6(5(11)4(2)9)15-7(12,13)14/h1H. The molecule has 0 aliphatic heterocycles. The third kappa shape index (κ3) is 3.32. The summed E-state index contributed by atoms with van der Waals surface area (Å²) in [5.41, 5.74) is -4.73. The molecule has 0 radical (unpaired) electrons. The monoisotopic (exact) mass is 370 g/mol. The molecule has 0 unspecified atom stereocenters. The fourth-order valence-electron chi connectivity index (χ4n) is 0.759. The molecule has 0 amide bonds. The SMILES string of the molecule is Fc1cc(Br)c(Br)c(F)c1SC(F)(F)F. The van der Waals surface area contributed by atoms with Crippen molar-refractivity contribution in [3.05, 3.63) is 26.6 Å². The van der Waals surface area contributed by atoms with E-state index in [0.717, 1.165) is 6.07 Å². The van der Waals surface area contributed by atoms with Gasteiger partial charge in [0.15, 0.2) is 5.82 Å². The Hall–Kier alpha value is 0.180. The molecule has 0 heterocycles. The van der Waals surface area contributed by atoms with Crippen molar-refractivity contribution in [1.29, 1.82) is 0 Å². The molecule has 15 heavy (non-hydrogen) atoms. The van der Waals surface area contributed by atoms with E-state index in [1.54, 1.807) is 0 Å². The minimum atomic E-state index is -4.73. The van der Waals surface area contributed by atoms with Crippen molar-refractivity contribution in [3.63, 3.8) is 0 Å². The summed E-state index contributed by atoms with van der Waals surface area (Å²) >= 11 is 4.67. The second kappa shape index (κ2) is 4.58. The van der Waals surface area contributed by atoms with Gasteiger partial charge in [-0.2, -0.15) is 13.2 Å². The average Bonchev–Trinajstić information content (AvgIpc) is 2.07. The Labute approximate surface area is 102 Å². The maximum atomic E-state index is 13.2. The van der Waals surface area contributed by atoms with Crippen LogP contribution in [0.1, 0.15) is 0 Å². The highest BCUT2D eigenvalue weighted by Gasteiger charge is 2.33. The molecule has 0 spiro atoms. The Morgan fingerprint density at radius 3 is 2.13 bits per heavy atom. The summed E-state index contributed by atoms with van der Waals surface area (Å²) in [7, 11) is 0. The number of rotatable bonds is 1. The molecule has 84 valence electrons. The van der Waals surface area contributed by atoms with Gasteiger partial charge in [-0.1, -0.05) is 0 Å². The van der Waals surface area contributed by atoms with Crippen molar-refractivity contribution in [2.45, 2.75) is 10.4 Å². The first-order valence-electron chi connectivity index (χ1n) is 3.31. The summed E-state index contributed by atoms with van der Waals surface area (Å²) in [6, 6.07) is 0.765. The van der Waals surface area contributed by atoms with Gasteiger partial charge in [0.1, 0.15) is 5.82 Å². The Bertz CT molecular complexity index is 390. The maximum Gasteiger partial charge on any atom is 0.446 e. The fraction of sp³-hybridized carbons (Fsp3) is 0.143. The van der Waals surface area contributed by atoms with Crippen LogP contribution in [0.15, 0.2) is 19.9 Å². The molecule has 0 aromatic heterocycles. The van der Waals surface area contributed by atoms with E-state index in [1.165, 1.54) is 0 Å². The molecular formula is C7HBr2F5S. The molecule has 0 aliphatic rings. The molecule has 1 aromatic carbocycles. The van der Waals surface area contributed by atoms with E-state index in [2.05, 4.69) is 31.9 Å². The molecule has 1 rings (SSSR count). The van der Waals surface area contributed by atoms with Crippen LogP contribution in [0.25, 0.3) is 0 Å². The molecule has 1 aromatic rings. The van der Waals surface area contributed by atoms with Crippen LogP contribution in [0, 0.1) is 11.6 Å². The quantitative estimate of drug-likeness (QED) is 0.286. The van der Waals surface area contributed by atoms with Gasteiger partial charge in [-0.25, -0.2) is 8.78 Å². The Kier molecular flexibility index (Phi) is 4.05. The lowest BCUT2D eigenvalue weighted by molar-refractivity contribution is -0.0330. The molecule has 0 aliphatic carbocycles. The smallest absolute Gasteiger partial charge is 0.206 e. The summed E-state index contributed by atoms with van der Waals surface area (Å²) in [4.78, 5) is -1.07. The normalized spacial score (nSPS) is 11.9. The van der Waals surface area contributed by atoms with E-state index in [0.29, 0.717) is 0 Å². The predicted molar refractivity (Wildman–Crippen MR) is 53.7 cm³/mol. The number of halogens is 7. The number of benzene rings is 1. The van der Waals surface area contributed by atoms with E-state index >= 15 is 0 Å². The third-order valence-electron chi connectivity index (χ3n) is 1.29. The fourth-order valence-corrected chi connectivity index (χ4v) is 2.16. The minimum absolute atomic E-state index is 0.0176. The predicted octanol–water partition coefficient (Wildman–Crippen LogP) is 5.10. The third-order valence-corrected chi connectivity index (χ3v) is 4.03. The molecule has 0 saturated carbocycles. The highest BCUT2D eigenvalue weighted by Crippen LogP contribution is 2.42. The molecular weight excluding hydrogens is 371 g/mol. The van der Waals surface area contributed by atoms with Gasteiger partial charge < -0.3 is 0 Å². The highest BCUT2D eigenvalue weighted by atomic mass is 79.9. The van der Waals surface area contributed by atoms with Crippen molar-refractivity contribution in [1.82, 2.24) is 0 Å². The molecule has 0 N–H and O–H groups in total. The van der Waals surface area contributed by atoms with Crippen molar-refractivity contribution in [2.75, 3.05) is 0 Å². The van der Waals surface area contributed by atoms with Crippen LogP contribution in [0.2, 0.25) is 0 Å². The van der Waals surface area contributed by atoms with Gasteiger partial charge in [0, 0.05) is 4.47 Å². The summed E-state index contributed by atoms with van der Waals surface area (Å²) in [6.07, 6.45) is 0. The topological polar surface area (TPSA) is 0 Å². The Balaban J connectivity index is 3.24. The van der Waals surface area contributed by atoms with Gasteiger partial charge in [-0.3, -0.25) is 0 Å². The molecule has 0 nitrogen and oxygen atoms in total. The van der Waals surface area contributed by atoms with Crippen LogP contribution in [-0.4, -0.2) is 5.51 Å². The zero-order chi connectivity index (χ0) is 11.8. The summed E-state index contributed by atoms with van der Waals surface area (Å²) in [5, 5.41) is 0. The number of alkyl halides is 3. The largest absolute Gasteiger partial charge is 0.446 e. The van der Waals surface area contributed by atoms with E-state index in [-0.39, 0.29) is 8.95 Å². The maximum absolute atomic E-state index is 13.2. The molecule has 0 bridgehead atoms. The van der Waals surface area contributed by atoms with Crippen LogP contribution in [0.3, 0.4) is 0 Å². The van der Waals surface area contributed by atoms with E-state index in [4.69, 9.17) is 0 Å². The van der Waals surface area contributed by atoms with Gasteiger partial charge in [0.05, 0.1) is 9.37 Å². The molecule has 0 fully saturated rings. The first kappa shape index (κ1) is 13.2. The van der Waals surface area contributed by atoms with Crippen LogP contribution in [0.4, 0.5) is 22.0 Å². The lowest BCUT2D eigenvalue weighted by Crippen LogP contribution is -2.02. The number of hydrogen-bond donors (Lipinski definition) is 0. The highest BCUT2D eigenvalue weighted by molar-refractivity contribution is 9.13. The van der Waals surface area contributed by atoms with Crippen molar-refractivity contribution in [2.24, 2.45) is 0 Å². The zero-order valence-corrected chi connectivity index (χ0v) is 10.6. The van der Waals surface area contributed by atoms with Crippen LogP contribution < -0.4 is 0 Å². The van der Waals surface area contributed by atoms with E-state index < -0.39 is 33.8 Å². The van der Waals surface area contributed by atoms with Gasteiger partial charge >= 0.3 is 5.51 Å². The molecule has 0 atom stereocenters. The molecule has 8 heteroatoms. The van der Waals surface area contributed by atoms with Crippen LogP contribution in [-0.2, 0) is 0 Å². The lowest BCUT2D eigenvalue weighted by atomic mass is 10.3. The average molecular weight is 372 g/mol. The summed E-state index contributed by atoms with van der Waals surface area (Å²) in [5.74, 6) is -2.53. The van der Waals surface area contributed by atoms with Gasteiger partial charge in [-0.15, -0.1) is 0 Å². The first-order chi connectivity index (χ1) is 6.72. The van der Waals surface area contributed by atoms with Crippen LogP contribution in [0.5, 0.6) is 0 Å². The molecule has 0 saturated heterocycles. The Morgan fingerprint density at radius 1 is 1.13 bits per heavy atom. The summed E-state index contributed by atoms with van der Waals surface area (Å²) < 4.78 is 61.8. The van der Waals surface area contributed by atoms with E-state index in [1.807, 2.05) is 0 Å². The van der Waals surface area contributed by atoms with Crippen molar-refractivity contribution < 1.29 is 22.0 Å². The van der Waals surface area contributed by atoms with Crippen molar-refractivity contribution in [3.8, 4) is 0 Å². The van der Waals surface area contributed by atoms with Gasteiger partial charge in [-0.05, 0) is 49.7 Å². The lowest BCUT2D eigenvalue weighted by Gasteiger charge is -2.09. The number of hydrogen-bond acceptors (Lipinski definition) is 1. The van der Waals surface area contributed by atoms with E-state index in [9.17, 15) is 22.0 Å². The number of thioether (sulfide) groups is 1. The van der Waals surface area contributed by atoms with Gasteiger partial charge in [0.2, 0.25) is 0 Å². The van der Waals surface area contributed by atoms with Crippen molar-refractivity contribution >= 4 is 43.6 Å². The Morgan fingerprint density at radius 2 is 1.67 bits per heavy atom. The van der Waals surface area contributed by atoms with Gasteiger partial charge in [0.25, 0.3) is 0 Å². The second-order valence-electron chi connectivity index (χ2n) is 2.35. The first-order valence-corrected chi connectivity index (χ1v) is 5.71.